The average molecular weight is 274 g/mol. The van der Waals surface area contributed by atoms with Gasteiger partial charge in [-0.15, -0.1) is 0 Å². The Balaban J connectivity index is 2.06. The van der Waals surface area contributed by atoms with Gasteiger partial charge in [0.05, 0.1) is 0 Å². The van der Waals surface area contributed by atoms with E-state index < -0.39 is 0 Å². The first kappa shape index (κ1) is 15.0. The molecule has 0 heterocycles. The van der Waals surface area contributed by atoms with E-state index in [0.29, 0.717) is 13.1 Å². The SMILES string of the molecule is CN(Cc1cccc(CN)c1)C(=O)C1C(C)(C)C1(C)C. The van der Waals surface area contributed by atoms with Crippen molar-refractivity contribution < 1.29 is 4.79 Å². The maximum atomic E-state index is 12.6. The molecular formula is C17H26N2O. The van der Waals surface area contributed by atoms with Crippen molar-refractivity contribution >= 4 is 5.91 Å². The lowest BCUT2D eigenvalue weighted by atomic mass is 10.0. The third-order valence-electron chi connectivity index (χ3n) is 5.29. The molecular weight excluding hydrogens is 248 g/mol. The summed E-state index contributed by atoms with van der Waals surface area (Å²) in [7, 11) is 1.89. The molecule has 0 bridgehead atoms. The molecule has 2 rings (SSSR count). The first-order valence-corrected chi connectivity index (χ1v) is 7.24. The van der Waals surface area contributed by atoms with Crippen LogP contribution in [0.5, 0.6) is 0 Å². The molecule has 1 aromatic carbocycles. The Morgan fingerprint density at radius 3 is 2.25 bits per heavy atom. The highest BCUT2D eigenvalue weighted by atomic mass is 16.2. The van der Waals surface area contributed by atoms with Gasteiger partial charge >= 0.3 is 0 Å². The summed E-state index contributed by atoms with van der Waals surface area (Å²) >= 11 is 0. The van der Waals surface area contributed by atoms with Gasteiger partial charge in [0.25, 0.3) is 0 Å². The van der Waals surface area contributed by atoms with Crippen molar-refractivity contribution in [2.24, 2.45) is 22.5 Å². The Morgan fingerprint density at radius 1 is 1.20 bits per heavy atom. The van der Waals surface area contributed by atoms with Gasteiger partial charge in [-0.1, -0.05) is 52.0 Å². The quantitative estimate of drug-likeness (QED) is 0.917. The number of nitrogens with zero attached hydrogens (tertiary/aromatic N) is 1. The summed E-state index contributed by atoms with van der Waals surface area (Å²) in [6.45, 7) is 9.90. The maximum absolute atomic E-state index is 12.6. The molecule has 1 aromatic rings. The molecule has 1 amide bonds. The molecule has 0 unspecified atom stereocenters. The van der Waals surface area contributed by atoms with Crippen LogP contribution in [0.3, 0.4) is 0 Å². The molecule has 0 aromatic heterocycles. The summed E-state index contributed by atoms with van der Waals surface area (Å²) in [6.07, 6.45) is 0. The van der Waals surface area contributed by atoms with E-state index in [4.69, 9.17) is 5.73 Å². The minimum absolute atomic E-state index is 0.0947. The molecule has 1 fully saturated rings. The molecule has 0 atom stereocenters. The molecule has 1 aliphatic rings. The first-order valence-electron chi connectivity index (χ1n) is 7.24. The molecule has 1 saturated carbocycles. The van der Waals surface area contributed by atoms with Crippen LogP contribution in [0.4, 0.5) is 0 Å². The molecule has 0 aliphatic heterocycles. The molecule has 20 heavy (non-hydrogen) atoms. The number of carbonyl (C=O) groups is 1. The van der Waals surface area contributed by atoms with E-state index in [1.54, 1.807) is 0 Å². The Morgan fingerprint density at radius 2 is 1.75 bits per heavy atom. The van der Waals surface area contributed by atoms with Gasteiger partial charge in [0.1, 0.15) is 0 Å². The predicted octanol–water partition coefficient (Wildman–Crippen LogP) is 2.79. The normalized spacial score (nSPS) is 19.7. The van der Waals surface area contributed by atoms with Crippen LogP contribution < -0.4 is 5.73 Å². The van der Waals surface area contributed by atoms with Gasteiger partial charge in [-0.2, -0.15) is 0 Å². The molecule has 3 nitrogen and oxygen atoms in total. The highest BCUT2D eigenvalue weighted by Crippen LogP contribution is 2.68. The van der Waals surface area contributed by atoms with Crippen molar-refractivity contribution in [3.8, 4) is 0 Å². The second-order valence-corrected chi connectivity index (χ2v) is 7.09. The van der Waals surface area contributed by atoms with Crippen molar-refractivity contribution in [1.82, 2.24) is 4.90 Å². The third-order valence-corrected chi connectivity index (χ3v) is 5.29. The lowest BCUT2D eigenvalue weighted by Crippen LogP contribution is -2.29. The minimum atomic E-state index is 0.0947. The molecule has 110 valence electrons. The lowest BCUT2D eigenvalue weighted by molar-refractivity contribution is -0.133. The Labute approximate surface area is 122 Å². The summed E-state index contributed by atoms with van der Waals surface area (Å²) < 4.78 is 0. The average Bonchev–Trinajstić information content (AvgIpc) is 2.79. The fourth-order valence-corrected chi connectivity index (χ4v) is 3.24. The van der Waals surface area contributed by atoms with E-state index in [2.05, 4.69) is 33.8 Å². The van der Waals surface area contributed by atoms with Gasteiger partial charge in [-0.25, -0.2) is 0 Å². The van der Waals surface area contributed by atoms with E-state index in [1.807, 2.05) is 30.1 Å². The van der Waals surface area contributed by atoms with Gasteiger partial charge < -0.3 is 10.6 Å². The topological polar surface area (TPSA) is 46.3 Å². The maximum Gasteiger partial charge on any atom is 0.226 e. The second kappa shape index (κ2) is 4.88. The van der Waals surface area contributed by atoms with Crippen LogP contribution in [-0.4, -0.2) is 17.9 Å². The van der Waals surface area contributed by atoms with Crippen LogP contribution in [0.25, 0.3) is 0 Å². The number of nitrogens with two attached hydrogens (primary N) is 1. The van der Waals surface area contributed by atoms with E-state index >= 15 is 0 Å². The van der Waals surface area contributed by atoms with Crippen molar-refractivity contribution in [1.29, 1.82) is 0 Å². The Hall–Kier alpha value is -1.35. The Bertz CT molecular complexity index is 505. The zero-order chi connectivity index (χ0) is 15.1. The number of hydrogen-bond donors (Lipinski definition) is 1. The standard InChI is InChI=1S/C17H26N2O/c1-16(2)14(17(16,3)4)15(20)19(5)11-13-8-6-7-12(9-13)10-18/h6-9,14H,10-11,18H2,1-5H3. The molecule has 3 heteroatoms. The van der Waals surface area contributed by atoms with E-state index in [-0.39, 0.29) is 22.7 Å². The number of rotatable bonds is 4. The van der Waals surface area contributed by atoms with E-state index in [0.717, 1.165) is 11.1 Å². The number of hydrogen-bond acceptors (Lipinski definition) is 2. The van der Waals surface area contributed by atoms with Crippen molar-refractivity contribution in [3.63, 3.8) is 0 Å². The van der Waals surface area contributed by atoms with E-state index in [1.165, 1.54) is 0 Å². The van der Waals surface area contributed by atoms with Crippen LogP contribution >= 0.6 is 0 Å². The number of carbonyl (C=O) groups excluding carboxylic acids is 1. The fraction of sp³-hybridized carbons (Fsp3) is 0.588. The van der Waals surface area contributed by atoms with Crippen LogP contribution in [-0.2, 0) is 17.9 Å². The summed E-state index contributed by atoms with van der Waals surface area (Å²) in [5.41, 5.74) is 8.09. The van der Waals surface area contributed by atoms with Crippen LogP contribution in [0.1, 0.15) is 38.8 Å². The largest absolute Gasteiger partial charge is 0.341 e. The van der Waals surface area contributed by atoms with Gasteiger partial charge in [-0.05, 0) is 22.0 Å². The van der Waals surface area contributed by atoms with Gasteiger partial charge in [0.2, 0.25) is 5.91 Å². The molecule has 0 radical (unpaired) electrons. The fourth-order valence-electron chi connectivity index (χ4n) is 3.24. The summed E-state index contributed by atoms with van der Waals surface area (Å²) in [4.78, 5) is 14.4. The third kappa shape index (κ3) is 2.35. The number of amides is 1. The van der Waals surface area contributed by atoms with Crippen LogP contribution in [0, 0.1) is 16.7 Å². The lowest BCUT2D eigenvalue weighted by Gasteiger charge is -2.19. The monoisotopic (exact) mass is 274 g/mol. The van der Waals surface area contributed by atoms with E-state index in [9.17, 15) is 4.79 Å². The molecule has 1 aliphatic carbocycles. The molecule has 2 N–H and O–H groups in total. The van der Waals surface area contributed by atoms with Crippen molar-refractivity contribution in [2.75, 3.05) is 7.05 Å². The molecule has 0 spiro atoms. The number of benzene rings is 1. The van der Waals surface area contributed by atoms with Gasteiger partial charge in [0, 0.05) is 26.1 Å². The van der Waals surface area contributed by atoms with Gasteiger partial charge in [-0.3, -0.25) is 4.79 Å². The summed E-state index contributed by atoms with van der Waals surface area (Å²) in [5, 5.41) is 0. The highest BCUT2D eigenvalue weighted by molar-refractivity contribution is 5.84. The van der Waals surface area contributed by atoms with Crippen molar-refractivity contribution in [2.45, 2.75) is 40.8 Å². The Kier molecular flexibility index (Phi) is 3.67. The predicted molar refractivity (Wildman–Crippen MR) is 81.9 cm³/mol. The smallest absolute Gasteiger partial charge is 0.226 e. The van der Waals surface area contributed by atoms with Crippen molar-refractivity contribution in [3.05, 3.63) is 35.4 Å². The zero-order valence-electron chi connectivity index (χ0n) is 13.2. The minimum Gasteiger partial charge on any atom is -0.341 e. The highest BCUT2D eigenvalue weighted by Gasteiger charge is 2.68. The van der Waals surface area contributed by atoms with Gasteiger partial charge in [0.15, 0.2) is 0 Å². The van der Waals surface area contributed by atoms with Crippen LogP contribution in [0.15, 0.2) is 24.3 Å². The molecule has 0 saturated heterocycles. The first-order chi connectivity index (χ1) is 9.21. The van der Waals surface area contributed by atoms with Crippen LogP contribution in [0.2, 0.25) is 0 Å². The summed E-state index contributed by atoms with van der Waals surface area (Å²) in [5.74, 6) is 0.371. The second-order valence-electron chi connectivity index (χ2n) is 7.09. The summed E-state index contributed by atoms with van der Waals surface area (Å²) in [6, 6.07) is 8.14. The zero-order valence-corrected chi connectivity index (χ0v) is 13.2.